The van der Waals surface area contributed by atoms with Crippen LogP contribution in [0.3, 0.4) is 0 Å². The Morgan fingerprint density at radius 3 is 2.78 bits per heavy atom. The summed E-state index contributed by atoms with van der Waals surface area (Å²) in [7, 11) is 0. The van der Waals surface area contributed by atoms with E-state index in [2.05, 4.69) is 15.9 Å². The van der Waals surface area contributed by atoms with Crippen molar-refractivity contribution in [2.45, 2.75) is 12.8 Å². The van der Waals surface area contributed by atoms with Gasteiger partial charge in [-0.25, -0.2) is 0 Å². The Bertz CT molecular complexity index is 486. The van der Waals surface area contributed by atoms with Gasteiger partial charge in [-0.1, -0.05) is 34.1 Å². The largest absolute Gasteiger partial charge is 0.480 e. The number of carbonyl (C=O) groups excluding carboxylic acids is 1. The van der Waals surface area contributed by atoms with Crippen molar-refractivity contribution in [2.75, 3.05) is 13.2 Å². The summed E-state index contributed by atoms with van der Waals surface area (Å²) in [4.78, 5) is 23.5. The number of hydrogen-bond acceptors (Lipinski definition) is 3. The van der Waals surface area contributed by atoms with Crippen LogP contribution < -0.4 is 0 Å². The second-order valence-corrected chi connectivity index (χ2v) is 5.24. The molecule has 1 N–H and O–H groups in total. The number of rotatable bonds is 3. The lowest BCUT2D eigenvalue weighted by Gasteiger charge is -2.31. The van der Waals surface area contributed by atoms with E-state index in [4.69, 9.17) is 4.74 Å². The lowest BCUT2D eigenvalue weighted by Crippen LogP contribution is -2.48. The third kappa shape index (κ3) is 2.33. The highest BCUT2D eigenvalue weighted by Crippen LogP contribution is 2.32. The van der Waals surface area contributed by atoms with Gasteiger partial charge in [0.05, 0.1) is 13.2 Å². The van der Waals surface area contributed by atoms with Gasteiger partial charge in [-0.3, -0.25) is 9.59 Å². The van der Waals surface area contributed by atoms with E-state index in [0.717, 1.165) is 10.0 Å². The lowest BCUT2D eigenvalue weighted by molar-refractivity contribution is -0.164. The number of carboxylic acids is 1. The van der Waals surface area contributed by atoms with E-state index in [9.17, 15) is 14.7 Å². The molecule has 1 saturated heterocycles. The maximum Gasteiger partial charge on any atom is 0.319 e. The molecule has 96 valence electrons. The van der Waals surface area contributed by atoms with Crippen LogP contribution in [-0.4, -0.2) is 30.1 Å². The first-order valence-electron chi connectivity index (χ1n) is 5.64. The summed E-state index contributed by atoms with van der Waals surface area (Å²) < 4.78 is 6.02. The van der Waals surface area contributed by atoms with E-state index < -0.39 is 11.4 Å². The molecule has 1 aliphatic heterocycles. The van der Waals surface area contributed by atoms with Crippen LogP contribution in [0.15, 0.2) is 28.7 Å². The summed E-state index contributed by atoms with van der Waals surface area (Å²) in [5.74, 6) is -1.36. The molecule has 0 bridgehead atoms. The van der Waals surface area contributed by atoms with Crippen molar-refractivity contribution in [3.05, 3.63) is 34.3 Å². The first-order chi connectivity index (χ1) is 8.56. The Hall–Kier alpha value is -1.20. The normalized spacial score (nSPS) is 23.9. The van der Waals surface area contributed by atoms with Crippen molar-refractivity contribution in [3.63, 3.8) is 0 Å². The summed E-state index contributed by atoms with van der Waals surface area (Å²) in [6.07, 6.45) is 0.319. The second kappa shape index (κ2) is 5.20. The zero-order valence-electron chi connectivity index (χ0n) is 9.69. The Balaban J connectivity index is 2.35. The number of carboxylic acid groups (broad SMARTS) is 1. The molecular weight excluding hydrogens is 300 g/mol. The monoisotopic (exact) mass is 312 g/mol. The molecule has 1 atom stereocenters. The van der Waals surface area contributed by atoms with Crippen molar-refractivity contribution in [2.24, 2.45) is 5.41 Å². The molecule has 2 rings (SSSR count). The molecule has 1 unspecified atom stereocenters. The molecule has 0 aromatic heterocycles. The SMILES string of the molecule is O=C(O)C1(Cc2ccccc2Br)COCCC1=O. The standard InChI is InChI=1S/C13H13BrO4/c14-10-4-2-1-3-9(10)7-13(12(16)17)8-18-6-5-11(13)15/h1-4H,5-8H2,(H,16,17). The summed E-state index contributed by atoms with van der Waals surface area (Å²) in [5, 5.41) is 9.40. The van der Waals surface area contributed by atoms with Crippen LogP contribution in [0.2, 0.25) is 0 Å². The molecule has 1 aromatic carbocycles. The lowest BCUT2D eigenvalue weighted by atomic mass is 9.76. The number of ether oxygens (including phenoxy) is 1. The minimum atomic E-state index is -1.44. The molecule has 1 fully saturated rings. The molecule has 0 radical (unpaired) electrons. The smallest absolute Gasteiger partial charge is 0.319 e. The van der Waals surface area contributed by atoms with Crippen molar-refractivity contribution in [1.29, 1.82) is 0 Å². The van der Waals surface area contributed by atoms with E-state index in [1.165, 1.54) is 0 Å². The van der Waals surface area contributed by atoms with Crippen molar-refractivity contribution in [3.8, 4) is 0 Å². The van der Waals surface area contributed by atoms with Gasteiger partial charge < -0.3 is 9.84 Å². The van der Waals surface area contributed by atoms with Gasteiger partial charge in [0.2, 0.25) is 0 Å². The number of carbonyl (C=O) groups is 2. The van der Waals surface area contributed by atoms with Crippen LogP contribution >= 0.6 is 15.9 Å². The fourth-order valence-electron chi connectivity index (χ4n) is 2.10. The topological polar surface area (TPSA) is 63.6 Å². The maximum absolute atomic E-state index is 12.0. The minimum absolute atomic E-state index is 0.0531. The molecule has 18 heavy (non-hydrogen) atoms. The average Bonchev–Trinajstić information content (AvgIpc) is 2.34. The van der Waals surface area contributed by atoms with Crippen molar-refractivity contribution in [1.82, 2.24) is 0 Å². The Kier molecular flexibility index (Phi) is 3.82. The second-order valence-electron chi connectivity index (χ2n) is 4.38. The third-order valence-corrected chi connectivity index (χ3v) is 3.99. The molecule has 0 saturated carbocycles. The molecule has 0 aliphatic carbocycles. The van der Waals surface area contributed by atoms with E-state index in [1.54, 1.807) is 0 Å². The molecule has 1 aromatic rings. The van der Waals surface area contributed by atoms with Gasteiger partial charge in [0.25, 0.3) is 0 Å². The predicted molar refractivity (Wildman–Crippen MR) is 68.4 cm³/mol. The maximum atomic E-state index is 12.0. The summed E-state index contributed by atoms with van der Waals surface area (Å²) in [5.41, 5.74) is -0.638. The summed E-state index contributed by atoms with van der Waals surface area (Å²) in [6, 6.07) is 7.32. The summed E-state index contributed by atoms with van der Waals surface area (Å²) in [6.45, 7) is 0.256. The van der Waals surface area contributed by atoms with Crippen LogP contribution in [0, 0.1) is 5.41 Å². The molecule has 4 nitrogen and oxygen atoms in total. The van der Waals surface area contributed by atoms with Crippen molar-refractivity contribution >= 4 is 27.7 Å². The summed E-state index contributed by atoms with van der Waals surface area (Å²) >= 11 is 3.37. The fraction of sp³-hybridized carbons (Fsp3) is 0.385. The minimum Gasteiger partial charge on any atom is -0.480 e. The van der Waals surface area contributed by atoms with Gasteiger partial charge in [-0.15, -0.1) is 0 Å². The van der Waals surface area contributed by atoms with E-state index in [-0.39, 0.29) is 25.2 Å². The Labute approximate surface area is 113 Å². The molecule has 5 heteroatoms. The van der Waals surface area contributed by atoms with E-state index in [1.807, 2.05) is 24.3 Å². The van der Waals surface area contributed by atoms with Gasteiger partial charge in [-0.05, 0) is 18.1 Å². The van der Waals surface area contributed by atoms with Crippen LogP contribution in [0.5, 0.6) is 0 Å². The first kappa shape index (κ1) is 13.2. The zero-order valence-corrected chi connectivity index (χ0v) is 11.3. The molecule has 1 heterocycles. The van der Waals surface area contributed by atoms with Gasteiger partial charge in [-0.2, -0.15) is 0 Å². The average molecular weight is 313 g/mol. The number of Topliss-reactive ketones (excluding diaryl/α,β-unsaturated/α-hetero) is 1. The fourth-order valence-corrected chi connectivity index (χ4v) is 2.53. The molecular formula is C13H13BrO4. The number of hydrogen-bond donors (Lipinski definition) is 1. The number of aliphatic carboxylic acids is 1. The van der Waals surface area contributed by atoms with E-state index >= 15 is 0 Å². The quantitative estimate of drug-likeness (QED) is 0.868. The highest BCUT2D eigenvalue weighted by atomic mass is 79.9. The number of benzene rings is 1. The Morgan fingerprint density at radius 2 is 2.17 bits per heavy atom. The van der Waals surface area contributed by atoms with Crippen molar-refractivity contribution < 1.29 is 19.4 Å². The van der Waals surface area contributed by atoms with Gasteiger partial charge >= 0.3 is 5.97 Å². The first-order valence-corrected chi connectivity index (χ1v) is 6.43. The van der Waals surface area contributed by atoms with Gasteiger partial charge in [0.15, 0.2) is 11.2 Å². The van der Waals surface area contributed by atoms with Gasteiger partial charge in [0, 0.05) is 10.9 Å². The number of halogens is 1. The predicted octanol–water partition coefficient (Wildman–Crippen LogP) is 2.05. The van der Waals surface area contributed by atoms with Gasteiger partial charge in [0.1, 0.15) is 0 Å². The van der Waals surface area contributed by atoms with Crippen LogP contribution in [0.4, 0.5) is 0 Å². The molecule has 0 spiro atoms. The van der Waals surface area contributed by atoms with Crippen LogP contribution in [0.25, 0.3) is 0 Å². The Morgan fingerprint density at radius 1 is 1.44 bits per heavy atom. The molecule has 0 amide bonds. The van der Waals surface area contributed by atoms with E-state index in [0.29, 0.717) is 6.61 Å². The third-order valence-electron chi connectivity index (χ3n) is 3.22. The highest BCUT2D eigenvalue weighted by Gasteiger charge is 2.48. The number of ketones is 1. The highest BCUT2D eigenvalue weighted by molar-refractivity contribution is 9.10. The molecule has 1 aliphatic rings. The van der Waals surface area contributed by atoms with Crippen LogP contribution in [-0.2, 0) is 20.7 Å². The van der Waals surface area contributed by atoms with Crippen LogP contribution in [0.1, 0.15) is 12.0 Å². The zero-order chi connectivity index (χ0) is 13.2.